The number of aliphatic hydroxyl groups excluding tert-OH is 1. The van der Waals surface area contributed by atoms with Gasteiger partial charge in [0.2, 0.25) is 5.91 Å². The van der Waals surface area contributed by atoms with Crippen molar-refractivity contribution < 1.29 is 9.90 Å². The number of carbonyl (C=O) groups is 1. The molecule has 0 fully saturated rings. The highest BCUT2D eigenvalue weighted by molar-refractivity contribution is 5.76. The Morgan fingerprint density at radius 2 is 2.00 bits per heavy atom. The third-order valence-electron chi connectivity index (χ3n) is 2.84. The first-order chi connectivity index (χ1) is 8.63. The van der Waals surface area contributed by atoms with Crippen LogP contribution in [0.2, 0.25) is 0 Å². The maximum Gasteiger partial charge on any atom is 0.222 e. The number of hydrogen-bond acceptors (Lipinski definition) is 2. The fourth-order valence-electron chi connectivity index (χ4n) is 1.86. The smallest absolute Gasteiger partial charge is 0.222 e. The van der Waals surface area contributed by atoms with E-state index in [-0.39, 0.29) is 5.91 Å². The highest BCUT2D eigenvalue weighted by atomic mass is 16.3. The average Bonchev–Trinajstić information content (AvgIpc) is 2.36. The Morgan fingerprint density at radius 1 is 1.33 bits per heavy atom. The van der Waals surface area contributed by atoms with Gasteiger partial charge in [-0.2, -0.15) is 0 Å². The summed E-state index contributed by atoms with van der Waals surface area (Å²) in [6.07, 6.45) is 1.50. The minimum absolute atomic E-state index is 0.126. The lowest BCUT2D eigenvalue weighted by molar-refractivity contribution is -0.132. The highest BCUT2D eigenvalue weighted by Crippen LogP contribution is 2.08. The van der Waals surface area contributed by atoms with E-state index in [0.717, 1.165) is 18.5 Å². The van der Waals surface area contributed by atoms with Gasteiger partial charge in [-0.15, -0.1) is 0 Å². The molecule has 0 aliphatic rings. The minimum Gasteiger partial charge on any atom is -0.393 e. The van der Waals surface area contributed by atoms with Crippen LogP contribution in [0.5, 0.6) is 0 Å². The number of rotatable bonds is 7. The molecule has 100 valence electrons. The van der Waals surface area contributed by atoms with Crippen molar-refractivity contribution in [3.8, 4) is 0 Å². The molecular weight excluding hydrogens is 226 g/mol. The summed E-state index contributed by atoms with van der Waals surface area (Å²) in [7, 11) is 0. The Hall–Kier alpha value is -1.35. The fraction of sp³-hybridized carbons (Fsp3) is 0.533. The monoisotopic (exact) mass is 249 g/mol. The van der Waals surface area contributed by atoms with Crippen LogP contribution >= 0.6 is 0 Å². The molecule has 3 heteroatoms. The van der Waals surface area contributed by atoms with Crippen molar-refractivity contribution in [2.45, 2.75) is 45.8 Å². The molecule has 0 saturated heterocycles. The van der Waals surface area contributed by atoms with Gasteiger partial charge in [-0.1, -0.05) is 37.3 Å². The summed E-state index contributed by atoms with van der Waals surface area (Å²) < 4.78 is 0. The Kier molecular flexibility index (Phi) is 6.44. The van der Waals surface area contributed by atoms with Gasteiger partial charge in [-0.3, -0.25) is 4.79 Å². The van der Waals surface area contributed by atoms with E-state index in [1.165, 1.54) is 0 Å². The molecule has 1 unspecified atom stereocenters. The molecule has 1 aromatic carbocycles. The molecule has 1 amide bonds. The van der Waals surface area contributed by atoms with Gasteiger partial charge in [-0.05, 0) is 25.3 Å². The molecule has 1 rings (SSSR count). The van der Waals surface area contributed by atoms with E-state index in [0.29, 0.717) is 19.4 Å². The molecule has 1 atom stereocenters. The second-order valence-electron chi connectivity index (χ2n) is 4.69. The topological polar surface area (TPSA) is 40.5 Å². The van der Waals surface area contributed by atoms with Gasteiger partial charge in [0.05, 0.1) is 6.10 Å². The van der Waals surface area contributed by atoms with Gasteiger partial charge < -0.3 is 10.0 Å². The summed E-state index contributed by atoms with van der Waals surface area (Å²) in [6.45, 7) is 5.22. The van der Waals surface area contributed by atoms with Crippen molar-refractivity contribution >= 4 is 5.91 Å². The van der Waals surface area contributed by atoms with Crippen LogP contribution < -0.4 is 0 Å². The fourth-order valence-corrected chi connectivity index (χ4v) is 1.86. The first-order valence-corrected chi connectivity index (χ1v) is 6.63. The van der Waals surface area contributed by atoms with E-state index in [9.17, 15) is 9.90 Å². The first-order valence-electron chi connectivity index (χ1n) is 6.63. The Morgan fingerprint density at radius 3 is 2.56 bits per heavy atom. The van der Waals surface area contributed by atoms with E-state index in [4.69, 9.17) is 0 Å². The van der Waals surface area contributed by atoms with Gasteiger partial charge >= 0.3 is 0 Å². The van der Waals surface area contributed by atoms with Crippen LogP contribution in [0.15, 0.2) is 30.3 Å². The Labute approximate surface area is 109 Å². The molecule has 0 aromatic heterocycles. The predicted octanol–water partition coefficient (Wildman–Crippen LogP) is 2.59. The molecule has 0 aliphatic heterocycles. The Balaban J connectivity index is 2.56. The van der Waals surface area contributed by atoms with Gasteiger partial charge in [0.15, 0.2) is 0 Å². The lowest BCUT2D eigenvalue weighted by Crippen LogP contribution is -2.31. The summed E-state index contributed by atoms with van der Waals surface area (Å²) >= 11 is 0. The molecule has 1 aromatic rings. The van der Waals surface area contributed by atoms with E-state index in [2.05, 4.69) is 6.92 Å². The van der Waals surface area contributed by atoms with Crippen LogP contribution in [0.25, 0.3) is 0 Å². The zero-order chi connectivity index (χ0) is 13.4. The molecule has 0 spiro atoms. The first kappa shape index (κ1) is 14.7. The summed E-state index contributed by atoms with van der Waals surface area (Å²) in [5.41, 5.74) is 1.15. The third-order valence-corrected chi connectivity index (χ3v) is 2.84. The maximum atomic E-state index is 12.1. The SMILES string of the molecule is CCCN(Cc1ccccc1)C(=O)CCC(C)O. The van der Waals surface area contributed by atoms with Gasteiger partial charge in [-0.25, -0.2) is 0 Å². The van der Waals surface area contributed by atoms with Crippen molar-refractivity contribution in [2.75, 3.05) is 6.54 Å². The molecule has 0 saturated carbocycles. The van der Waals surface area contributed by atoms with Crippen molar-refractivity contribution in [3.05, 3.63) is 35.9 Å². The zero-order valence-corrected chi connectivity index (χ0v) is 11.3. The van der Waals surface area contributed by atoms with Crippen LogP contribution in [0.4, 0.5) is 0 Å². The van der Waals surface area contributed by atoms with Crippen molar-refractivity contribution in [1.29, 1.82) is 0 Å². The standard InChI is InChI=1S/C15H23NO2/c1-3-11-16(15(18)10-9-13(2)17)12-14-7-5-4-6-8-14/h4-8,13,17H,3,9-12H2,1-2H3. The van der Waals surface area contributed by atoms with Crippen molar-refractivity contribution in [2.24, 2.45) is 0 Å². The van der Waals surface area contributed by atoms with Crippen molar-refractivity contribution in [1.82, 2.24) is 4.90 Å². The number of benzene rings is 1. The number of carbonyl (C=O) groups excluding carboxylic acids is 1. The summed E-state index contributed by atoms with van der Waals surface area (Å²) in [4.78, 5) is 13.9. The minimum atomic E-state index is -0.408. The lowest BCUT2D eigenvalue weighted by Gasteiger charge is -2.22. The second-order valence-corrected chi connectivity index (χ2v) is 4.69. The molecule has 1 N–H and O–H groups in total. The molecule has 18 heavy (non-hydrogen) atoms. The van der Waals surface area contributed by atoms with E-state index in [1.54, 1.807) is 6.92 Å². The van der Waals surface area contributed by atoms with Gasteiger partial charge in [0, 0.05) is 19.5 Å². The molecule has 0 radical (unpaired) electrons. The average molecular weight is 249 g/mol. The largest absolute Gasteiger partial charge is 0.393 e. The maximum absolute atomic E-state index is 12.1. The lowest BCUT2D eigenvalue weighted by atomic mass is 10.1. The molecular formula is C15H23NO2. The molecule has 0 bridgehead atoms. The van der Waals surface area contributed by atoms with Crippen LogP contribution in [-0.2, 0) is 11.3 Å². The third kappa shape index (κ3) is 5.32. The number of aliphatic hydroxyl groups is 1. The van der Waals surface area contributed by atoms with Crippen LogP contribution in [-0.4, -0.2) is 28.6 Å². The second kappa shape index (κ2) is 7.88. The molecule has 0 heterocycles. The van der Waals surface area contributed by atoms with Gasteiger partial charge in [0.1, 0.15) is 0 Å². The van der Waals surface area contributed by atoms with Gasteiger partial charge in [0.25, 0.3) is 0 Å². The van der Waals surface area contributed by atoms with Crippen LogP contribution in [0.3, 0.4) is 0 Å². The number of hydrogen-bond donors (Lipinski definition) is 1. The highest BCUT2D eigenvalue weighted by Gasteiger charge is 2.13. The van der Waals surface area contributed by atoms with Crippen LogP contribution in [0.1, 0.15) is 38.7 Å². The predicted molar refractivity (Wildman–Crippen MR) is 73.1 cm³/mol. The summed E-state index contributed by atoms with van der Waals surface area (Å²) in [5.74, 6) is 0.126. The number of amides is 1. The van der Waals surface area contributed by atoms with Crippen molar-refractivity contribution in [3.63, 3.8) is 0 Å². The summed E-state index contributed by atoms with van der Waals surface area (Å²) in [5, 5.41) is 9.23. The molecule has 0 aliphatic carbocycles. The summed E-state index contributed by atoms with van der Waals surface area (Å²) in [6, 6.07) is 10.0. The molecule has 3 nitrogen and oxygen atoms in total. The Bertz CT molecular complexity index is 349. The number of nitrogens with zero attached hydrogens (tertiary/aromatic N) is 1. The zero-order valence-electron chi connectivity index (χ0n) is 11.3. The normalized spacial score (nSPS) is 12.2. The van der Waals surface area contributed by atoms with E-state index >= 15 is 0 Å². The van der Waals surface area contributed by atoms with E-state index < -0.39 is 6.10 Å². The quantitative estimate of drug-likeness (QED) is 0.807. The van der Waals surface area contributed by atoms with Crippen LogP contribution in [0, 0.1) is 0 Å². The van der Waals surface area contributed by atoms with E-state index in [1.807, 2.05) is 35.2 Å².